The minimum atomic E-state index is -0.623. The van der Waals surface area contributed by atoms with Crippen molar-refractivity contribution < 1.29 is 14.1 Å². The molecule has 0 fully saturated rings. The highest BCUT2D eigenvalue weighted by molar-refractivity contribution is 5.80. The quantitative estimate of drug-likeness (QED) is 0.715. The number of carbonyl (C=O) groups excluding carboxylic acids is 1. The van der Waals surface area contributed by atoms with Crippen molar-refractivity contribution in [3.05, 3.63) is 54.6 Å². The normalized spacial score (nSPS) is 11.9. The van der Waals surface area contributed by atoms with Crippen molar-refractivity contribution in [2.45, 2.75) is 33.0 Å². The van der Waals surface area contributed by atoms with Gasteiger partial charge in [-0.25, -0.2) is 0 Å². The molecule has 0 spiro atoms. The molecule has 0 aliphatic carbocycles. The van der Waals surface area contributed by atoms with Gasteiger partial charge in [0.2, 0.25) is 11.7 Å². The van der Waals surface area contributed by atoms with Crippen LogP contribution in [0.5, 0.6) is 5.75 Å². The lowest BCUT2D eigenvalue weighted by Gasteiger charge is -2.13. The number of carbonyl (C=O) groups is 1. The van der Waals surface area contributed by atoms with E-state index in [4.69, 9.17) is 9.26 Å². The molecule has 0 aliphatic rings. The minimum Gasteiger partial charge on any atom is -0.481 e. The van der Waals surface area contributed by atoms with E-state index >= 15 is 0 Å². The molecule has 1 N–H and O–H groups in total. The van der Waals surface area contributed by atoms with Gasteiger partial charge in [0, 0.05) is 12.7 Å². The van der Waals surface area contributed by atoms with E-state index in [1.807, 2.05) is 48.0 Å². The molecule has 3 aromatic rings. The van der Waals surface area contributed by atoms with Crippen LogP contribution in [0.2, 0.25) is 0 Å². The van der Waals surface area contributed by atoms with Crippen LogP contribution in [0.3, 0.4) is 0 Å². The smallest absolute Gasteiger partial charge is 0.261 e. The minimum absolute atomic E-state index is 0.154. The van der Waals surface area contributed by atoms with Gasteiger partial charge in [-0.15, -0.1) is 0 Å². The summed E-state index contributed by atoms with van der Waals surface area (Å²) in [5.41, 5.74) is 0.879. The Morgan fingerprint density at radius 3 is 2.84 bits per heavy atom. The van der Waals surface area contributed by atoms with Crippen molar-refractivity contribution >= 4 is 5.91 Å². The summed E-state index contributed by atoms with van der Waals surface area (Å²) in [5, 5.41) is 6.71. The van der Waals surface area contributed by atoms with Gasteiger partial charge in [-0.05, 0) is 38.1 Å². The average Bonchev–Trinajstić information content (AvgIpc) is 3.29. The predicted molar refractivity (Wildman–Crippen MR) is 91.8 cm³/mol. The second-order valence-corrected chi connectivity index (χ2v) is 5.48. The first-order chi connectivity index (χ1) is 12.2. The molecule has 0 radical (unpaired) electrons. The lowest BCUT2D eigenvalue weighted by molar-refractivity contribution is -0.127. The first kappa shape index (κ1) is 16.8. The molecule has 0 aliphatic heterocycles. The number of rotatable bonds is 7. The number of hydrogen-bond acceptors (Lipinski definition) is 5. The standard InChI is InChI=1S/C18H20N4O3/c1-3-22-11-7-10-15(22)17-20-16(25-21-17)12-19-18(23)13(2)24-14-8-5-4-6-9-14/h4-11,13H,3,12H2,1-2H3,(H,19,23)/t13-/m0/s1. The molecule has 1 amide bonds. The largest absolute Gasteiger partial charge is 0.481 e. The highest BCUT2D eigenvalue weighted by Gasteiger charge is 2.17. The third kappa shape index (κ3) is 4.06. The maximum absolute atomic E-state index is 12.1. The monoisotopic (exact) mass is 340 g/mol. The van der Waals surface area contributed by atoms with Crippen molar-refractivity contribution in [2.24, 2.45) is 0 Å². The first-order valence-electron chi connectivity index (χ1n) is 8.15. The molecule has 7 heteroatoms. The molecule has 130 valence electrons. The van der Waals surface area contributed by atoms with E-state index in [1.165, 1.54) is 0 Å². The van der Waals surface area contributed by atoms with Gasteiger partial charge in [-0.3, -0.25) is 4.79 Å². The van der Waals surface area contributed by atoms with Crippen LogP contribution < -0.4 is 10.1 Å². The van der Waals surface area contributed by atoms with E-state index in [2.05, 4.69) is 15.5 Å². The summed E-state index contributed by atoms with van der Waals surface area (Å²) in [7, 11) is 0. The van der Waals surface area contributed by atoms with Gasteiger partial charge in [-0.1, -0.05) is 23.4 Å². The Morgan fingerprint density at radius 2 is 2.08 bits per heavy atom. The summed E-state index contributed by atoms with van der Waals surface area (Å²) in [5.74, 6) is 1.25. The Bertz CT molecular complexity index is 826. The number of amides is 1. The van der Waals surface area contributed by atoms with E-state index in [9.17, 15) is 4.79 Å². The van der Waals surface area contributed by atoms with Crippen LogP contribution in [0, 0.1) is 0 Å². The zero-order chi connectivity index (χ0) is 17.6. The van der Waals surface area contributed by atoms with Crippen LogP contribution >= 0.6 is 0 Å². The third-order valence-electron chi connectivity index (χ3n) is 3.71. The third-order valence-corrected chi connectivity index (χ3v) is 3.71. The van der Waals surface area contributed by atoms with Crippen molar-refractivity contribution in [3.63, 3.8) is 0 Å². The van der Waals surface area contributed by atoms with E-state index < -0.39 is 6.10 Å². The van der Waals surface area contributed by atoms with Crippen LogP contribution in [0.15, 0.2) is 53.2 Å². The number of ether oxygens (including phenoxy) is 1. The summed E-state index contributed by atoms with van der Waals surface area (Å²) >= 11 is 0. The van der Waals surface area contributed by atoms with E-state index in [-0.39, 0.29) is 12.5 Å². The summed E-state index contributed by atoms with van der Waals surface area (Å²) in [4.78, 5) is 16.4. The summed E-state index contributed by atoms with van der Waals surface area (Å²) in [6.07, 6.45) is 1.33. The predicted octanol–water partition coefficient (Wildman–Crippen LogP) is 2.64. The second kappa shape index (κ2) is 7.65. The SMILES string of the molecule is CCn1cccc1-c1noc(CNC(=O)[C@H](C)Oc2ccccc2)n1. The lowest BCUT2D eigenvalue weighted by Crippen LogP contribution is -2.35. The zero-order valence-corrected chi connectivity index (χ0v) is 14.2. The number of nitrogens with one attached hydrogen (secondary N) is 1. The van der Waals surface area contributed by atoms with Crippen LogP contribution in [-0.2, 0) is 17.9 Å². The molecule has 25 heavy (non-hydrogen) atoms. The highest BCUT2D eigenvalue weighted by atomic mass is 16.5. The molecule has 2 aromatic heterocycles. The van der Waals surface area contributed by atoms with Gasteiger partial charge in [0.25, 0.3) is 5.91 Å². The number of aryl methyl sites for hydroxylation is 1. The van der Waals surface area contributed by atoms with Crippen LogP contribution in [0.25, 0.3) is 11.5 Å². The average molecular weight is 340 g/mol. The fourth-order valence-corrected chi connectivity index (χ4v) is 2.39. The zero-order valence-electron chi connectivity index (χ0n) is 14.2. The molecule has 2 heterocycles. The number of hydrogen-bond donors (Lipinski definition) is 1. The van der Waals surface area contributed by atoms with Crippen molar-refractivity contribution in [3.8, 4) is 17.3 Å². The van der Waals surface area contributed by atoms with Crippen molar-refractivity contribution in [2.75, 3.05) is 0 Å². The van der Waals surface area contributed by atoms with E-state index in [1.54, 1.807) is 19.1 Å². The molecule has 0 bridgehead atoms. The van der Waals surface area contributed by atoms with Gasteiger partial charge in [0.1, 0.15) is 5.75 Å². The molecule has 0 saturated heterocycles. The number of aromatic nitrogens is 3. The maximum Gasteiger partial charge on any atom is 0.261 e. The van der Waals surface area contributed by atoms with Crippen LogP contribution in [0.1, 0.15) is 19.7 Å². The van der Waals surface area contributed by atoms with Gasteiger partial charge in [-0.2, -0.15) is 4.98 Å². The molecular weight excluding hydrogens is 320 g/mol. The van der Waals surface area contributed by atoms with Gasteiger partial charge >= 0.3 is 0 Å². The fourth-order valence-electron chi connectivity index (χ4n) is 2.39. The summed E-state index contributed by atoms with van der Waals surface area (Å²) in [6, 6.07) is 13.1. The Morgan fingerprint density at radius 1 is 1.28 bits per heavy atom. The van der Waals surface area contributed by atoms with Gasteiger partial charge in [0.15, 0.2) is 6.10 Å². The van der Waals surface area contributed by atoms with Gasteiger partial charge < -0.3 is 19.1 Å². The van der Waals surface area contributed by atoms with Crippen molar-refractivity contribution in [1.29, 1.82) is 0 Å². The van der Waals surface area contributed by atoms with E-state index in [0.717, 1.165) is 12.2 Å². The Labute approximate surface area is 145 Å². The number of para-hydroxylation sites is 1. The summed E-state index contributed by atoms with van der Waals surface area (Å²) < 4.78 is 12.8. The summed E-state index contributed by atoms with van der Waals surface area (Å²) in [6.45, 7) is 4.70. The Balaban J connectivity index is 1.56. The first-order valence-corrected chi connectivity index (χ1v) is 8.15. The molecular formula is C18H20N4O3. The van der Waals surface area contributed by atoms with Crippen LogP contribution in [0.4, 0.5) is 0 Å². The second-order valence-electron chi connectivity index (χ2n) is 5.48. The molecule has 1 aromatic carbocycles. The highest BCUT2D eigenvalue weighted by Crippen LogP contribution is 2.16. The Kier molecular flexibility index (Phi) is 5.13. The van der Waals surface area contributed by atoms with Gasteiger partial charge in [0.05, 0.1) is 12.2 Å². The maximum atomic E-state index is 12.1. The number of nitrogens with zero attached hydrogens (tertiary/aromatic N) is 3. The Hall–Kier alpha value is -3.09. The van der Waals surface area contributed by atoms with Crippen LogP contribution in [-0.4, -0.2) is 26.7 Å². The lowest BCUT2D eigenvalue weighted by atomic mass is 10.3. The molecule has 1 atom stereocenters. The topological polar surface area (TPSA) is 82.2 Å². The molecule has 0 unspecified atom stereocenters. The molecule has 0 saturated carbocycles. The molecule has 7 nitrogen and oxygen atoms in total. The molecule has 3 rings (SSSR count). The van der Waals surface area contributed by atoms with Crippen molar-refractivity contribution in [1.82, 2.24) is 20.0 Å². The fraction of sp³-hybridized carbons (Fsp3) is 0.278. The van der Waals surface area contributed by atoms with E-state index in [0.29, 0.717) is 17.5 Å². The number of benzene rings is 1.